The van der Waals surface area contributed by atoms with E-state index in [2.05, 4.69) is 16.9 Å². The van der Waals surface area contributed by atoms with Gasteiger partial charge in [0.25, 0.3) is 0 Å². The molecule has 1 aliphatic carbocycles. The number of rotatable bonds is 2. The van der Waals surface area contributed by atoms with Gasteiger partial charge in [0, 0.05) is 23.4 Å². The molecule has 16 heavy (non-hydrogen) atoms. The minimum absolute atomic E-state index is 0.00319. The first-order chi connectivity index (χ1) is 7.58. The number of aromatic nitrogens is 2. The van der Waals surface area contributed by atoms with Crippen LogP contribution in [0.25, 0.3) is 0 Å². The number of alkyl halides is 1. The van der Waals surface area contributed by atoms with Crippen molar-refractivity contribution < 1.29 is 0 Å². The predicted molar refractivity (Wildman–Crippen MR) is 66.8 cm³/mol. The maximum Gasteiger partial charge on any atom is 0.131 e. The number of halogens is 1. The molecule has 0 aliphatic heterocycles. The van der Waals surface area contributed by atoms with Crippen LogP contribution in [0.1, 0.15) is 61.5 Å². The van der Waals surface area contributed by atoms with Gasteiger partial charge >= 0.3 is 0 Å². The van der Waals surface area contributed by atoms with Gasteiger partial charge in [0.15, 0.2) is 0 Å². The van der Waals surface area contributed by atoms with E-state index in [0.29, 0.717) is 5.92 Å². The summed E-state index contributed by atoms with van der Waals surface area (Å²) in [7, 11) is 0. The zero-order chi connectivity index (χ0) is 11.7. The summed E-state index contributed by atoms with van der Waals surface area (Å²) in [5.74, 6) is 2.40. The van der Waals surface area contributed by atoms with Gasteiger partial charge < -0.3 is 0 Å². The topological polar surface area (TPSA) is 25.8 Å². The maximum atomic E-state index is 6.06. The van der Waals surface area contributed by atoms with Gasteiger partial charge in [-0.05, 0) is 39.0 Å². The summed E-state index contributed by atoms with van der Waals surface area (Å²) in [6, 6.07) is 0. The SMILES string of the molecule is Cc1nc(C2CCC(C)C2)ncc1C(C)Cl. The van der Waals surface area contributed by atoms with Gasteiger partial charge in [-0.3, -0.25) is 0 Å². The van der Waals surface area contributed by atoms with Crippen molar-refractivity contribution in [1.29, 1.82) is 0 Å². The summed E-state index contributed by atoms with van der Waals surface area (Å²) in [6.45, 7) is 6.30. The van der Waals surface area contributed by atoms with E-state index >= 15 is 0 Å². The molecule has 1 aromatic heterocycles. The van der Waals surface area contributed by atoms with E-state index in [-0.39, 0.29) is 5.38 Å². The molecule has 2 rings (SSSR count). The molecule has 0 aromatic carbocycles. The van der Waals surface area contributed by atoms with Crippen LogP contribution in [-0.4, -0.2) is 9.97 Å². The molecule has 1 fully saturated rings. The number of nitrogens with zero attached hydrogens (tertiary/aromatic N) is 2. The zero-order valence-electron chi connectivity index (χ0n) is 10.2. The average molecular weight is 239 g/mol. The Kier molecular flexibility index (Phi) is 3.48. The third-order valence-electron chi connectivity index (χ3n) is 3.52. The van der Waals surface area contributed by atoms with Crippen molar-refractivity contribution in [1.82, 2.24) is 9.97 Å². The summed E-state index contributed by atoms with van der Waals surface area (Å²) in [5, 5.41) is -0.00319. The summed E-state index contributed by atoms with van der Waals surface area (Å²) in [5.41, 5.74) is 2.09. The molecular weight excluding hydrogens is 220 g/mol. The Balaban J connectivity index is 2.21. The molecule has 1 aromatic rings. The van der Waals surface area contributed by atoms with Crippen LogP contribution < -0.4 is 0 Å². The number of hydrogen-bond donors (Lipinski definition) is 0. The molecule has 3 atom stereocenters. The average Bonchev–Trinajstić information content (AvgIpc) is 2.64. The van der Waals surface area contributed by atoms with Crippen LogP contribution in [0, 0.1) is 12.8 Å². The van der Waals surface area contributed by atoms with Crippen LogP contribution in [0.3, 0.4) is 0 Å². The third-order valence-corrected chi connectivity index (χ3v) is 3.76. The molecule has 0 N–H and O–H groups in total. The van der Waals surface area contributed by atoms with Gasteiger partial charge in [-0.15, -0.1) is 11.6 Å². The smallest absolute Gasteiger partial charge is 0.131 e. The van der Waals surface area contributed by atoms with Crippen molar-refractivity contribution in [2.24, 2.45) is 5.92 Å². The standard InChI is InChI=1S/C13H19ClN2/c1-8-4-5-11(6-8)13-15-7-12(9(2)14)10(3)16-13/h7-9,11H,4-6H2,1-3H3. The van der Waals surface area contributed by atoms with E-state index in [9.17, 15) is 0 Å². The van der Waals surface area contributed by atoms with Crippen LogP contribution in [0.4, 0.5) is 0 Å². The lowest BCUT2D eigenvalue weighted by molar-refractivity contribution is 0.583. The first-order valence-electron chi connectivity index (χ1n) is 6.05. The second kappa shape index (κ2) is 4.70. The molecular formula is C13H19ClN2. The molecule has 0 radical (unpaired) electrons. The van der Waals surface area contributed by atoms with Crippen molar-refractivity contribution in [2.75, 3.05) is 0 Å². The Bertz CT molecular complexity index is 376. The molecule has 1 heterocycles. The second-order valence-electron chi connectivity index (χ2n) is 5.00. The van der Waals surface area contributed by atoms with E-state index in [1.54, 1.807) is 0 Å². The van der Waals surface area contributed by atoms with Crippen LogP contribution in [0.5, 0.6) is 0 Å². The van der Waals surface area contributed by atoms with Crippen LogP contribution in [0.15, 0.2) is 6.20 Å². The largest absolute Gasteiger partial charge is 0.241 e. The molecule has 3 unspecified atom stereocenters. The Morgan fingerprint density at radius 2 is 2.19 bits per heavy atom. The van der Waals surface area contributed by atoms with Crippen molar-refractivity contribution >= 4 is 11.6 Å². The Morgan fingerprint density at radius 1 is 1.44 bits per heavy atom. The highest BCUT2D eigenvalue weighted by atomic mass is 35.5. The molecule has 88 valence electrons. The fraction of sp³-hybridized carbons (Fsp3) is 0.692. The molecule has 0 bridgehead atoms. The van der Waals surface area contributed by atoms with Crippen molar-refractivity contribution in [3.05, 3.63) is 23.3 Å². The molecule has 0 amide bonds. The summed E-state index contributed by atoms with van der Waals surface area (Å²) >= 11 is 6.06. The first kappa shape index (κ1) is 11.8. The van der Waals surface area contributed by atoms with Gasteiger partial charge in [0.05, 0.1) is 5.38 Å². The predicted octanol–water partition coefficient (Wildman–Crippen LogP) is 3.99. The number of hydrogen-bond acceptors (Lipinski definition) is 2. The van der Waals surface area contributed by atoms with Gasteiger partial charge in [-0.2, -0.15) is 0 Å². The molecule has 2 nitrogen and oxygen atoms in total. The Labute approximate surface area is 102 Å². The summed E-state index contributed by atoms with van der Waals surface area (Å²) in [6.07, 6.45) is 5.67. The van der Waals surface area contributed by atoms with Gasteiger partial charge in [-0.1, -0.05) is 6.92 Å². The normalized spacial score (nSPS) is 27.0. The maximum absolute atomic E-state index is 6.06. The lowest BCUT2D eigenvalue weighted by Gasteiger charge is -2.12. The highest BCUT2D eigenvalue weighted by Gasteiger charge is 2.25. The lowest BCUT2D eigenvalue weighted by Crippen LogP contribution is -2.05. The highest BCUT2D eigenvalue weighted by molar-refractivity contribution is 6.20. The molecule has 3 heteroatoms. The van der Waals surface area contributed by atoms with Crippen LogP contribution in [-0.2, 0) is 0 Å². The quantitative estimate of drug-likeness (QED) is 0.729. The summed E-state index contributed by atoms with van der Waals surface area (Å²) < 4.78 is 0. The minimum atomic E-state index is -0.00319. The fourth-order valence-corrected chi connectivity index (χ4v) is 2.74. The summed E-state index contributed by atoms with van der Waals surface area (Å²) in [4.78, 5) is 9.10. The van der Waals surface area contributed by atoms with Crippen molar-refractivity contribution in [3.63, 3.8) is 0 Å². The first-order valence-corrected chi connectivity index (χ1v) is 6.49. The van der Waals surface area contributed by atoms with Gasteiger partial charge in [0.2, 0.25) is 0 Å². The van der Waals surface area contributed by atoms with Crippen molar-refractivity contribution in [2.45, 2.75) is 51.3 Å². The third kappa shape index (κ3) is 2.37. The molecule has 0 spiro atoms. The van der Waals surface area contributed by atoms with Crippen LogP contribution >= 0.6 is 11.6 Å². The van der Waals surface area contributed by atoms with Gasteiger partial charge in [-0.25, -0.2) is 9.97 Å². The number of aryl methyl sites for hydroxylation is 1. The van der Waals surface area contributed by atoms with E-state index in [1.807, 2.05) is 20.0 Å². The van der Waals surface area contributed by atoms with E-state index in [4.69, 9.17) is 11.6 Å². The Hall–Kier alpha value is -0.630. The monoisotopic (exact) mass is 238 g/mol. The van der Waals surface area contributed by atoms with E-state index in [1.165, 1.54) is 19.3 Å². The molecule has 0 saturated heterocycles. The Morgan fingerprint density at radius 3 is 2.69 bits per heavy atom. The van der Waals surface area contributed by atoms with E-state index in [0.717, 1.165) is 23.0 Å². The minimum Gasteiger partial charge on any atom is -0.241 e. The van der Waals surface area contributed by atoms with Crippen LogP contribution in [0.2, 0.25) is 0 Å². The van der Waals surface area contributed by atoms with E-state index < -0.39 is 0 Å². The zero-order valence-corrected chi connectivity index (χ0v) is 11.0. The molecule has 1 aliphatic rings. The lowest BCUT2D eigenvalue weighted by atomic mass is 10.0. The highest BCUT2D eigenvalue weighted by Crippen LogP contribution is 2.36. The second-order valence-corrected chi connectivity index (χ2v) is 5.65. The van der Waals surface area contributed by atoms with Crippen molar-refractivity contribution in [3.8, 4) is 0 Å². The molecule has 1 saturated carbocycles. The van der Waals surface area contributed by atoms with Gasteiger partial charge in [0.1, 0.15) is 5.82 Å². The fourth-order valence-electron chi connectivity index (χ4n) is 2.52.